The van der Waals surface area contributed by atoms with Gasteiger partial charge in [0.25, 0.3) is 0 Å². The van der Waals surface area contributed by atoms with Crippen molar-refractivity contribution in [2.24, 2.45) is 5.92 Å². The van der Waals surface area contributed by atoms with Gasteiger partial charge in [0.2, 0.25) is 0 Å². The highest BCUT2D eigenvalue weighted by molar-refractivity contribution is 5.31. The average Bonchev–Trinajstić information content (AvgIpc) is 2.47. The van der Waals surface area contributed by atoms with Gasteiger partial charge < -0.3 is 9.84 Å². The van der Waals surface area contributed by atoms with Crippen LogP contribution in [0.3, 0.4) is 0 Å². The Morgan fingerprint density at radius 3 is 2.05 bits per heavy atom. The summed E-state index contributed by atoms with van der Waals surface area (Å²) in [6, 6.07) is 8.61. The maximum atomic E-state index is 11.3. The first kappa shape index (κ1) is 16.5. The van der Waals surface area contributed by atoms with Crippen LogP contribution < -0.4 is 0 Å². The van der Waals surface area contributed by atoms with Gasteiger partial charge in [-0.2, -0.15) is 0 Å². The van der Waals surface area contributed by atoms with E-state index in [1.54, 1.807) is 0 Å². The van der Waals surface area contributed by atoms with E-state index in [9.17, 15) is 5.11 Å². The van der Waals surface area contributed by atoms with E-state index in [0.717, 1.165) is 44.5 Å². The third-order valence-corrected chi connectivity index (χ3v) is 4.78. The summed E-state index contributed by atoms with van der Waals surface area (Å²) in [5.41, 5.74) is 1.84. The van der Waals surface area contributed by atoms with Gasteiger partial charge in [-0.05, 0) is 41.7 Å². The number of hydrogen-bond acceptors (Lipinski definition) is 2. The predicted molar refractivity (Wildman–Crippen MR) is 87.5 cm³/mol. The zero-order valence-corrected chi connectivity index (χ0v) is 14.0. The fourth-order valence-corrected chi connectivity index (χ4v) is 3.40. The number of ether oxygens (including phenoxy) is 1. The van der Waals surface area contributed by atoms with Crippen molar-refractivity contribution in [2.45, 2.75) is 64.4 Å². The zero-order valence-electron chi connectivity index (χ0n) is 14.0. The van der Waals surface area contributed by atoms with Crippen molar-refractivity contribution >= 4 is 0 Å². The molecular weight excluding hydrogens is 260 g/mol. The topological polar surface area (TPSA) is 29.5 Å². The first-order valence-corrected chi connectivity index (χ1v) is 8.29. The molecule has 1 heterocycles. The van der Waals surface area contributed by atoms with E-state index < -0.39 is 5.60 Å². The van der Waals surface area contributed by atoms with E-state index in [0.29, 0.717) is 5.92 Å². The molecule has 0 aliphatic carbocycles. The molecule has 1 saturated heterocycles. The van der Waals surface area contributed by atoms with Crippen LogP contribution in [0.5, 0.6) is 0 Å². The molecule has 1 atom stereocenters. The molecule has 2 rings (SSSR count). The summed E-state index contributed by atoms with van der Waals surface area (Å²) in [6.07, 6.45) is 3.73. The molecular formula is C19H30O2. The molecule has 118 valence electrons. The Bertz CT molecular complexity index is 438. The Morgan fingerprint density at radius 2 is 1.57 bits per heavy atom. The fraction of sp³-hybridized carbons (Fsp3) is 0.684. The van der Waals surface area contributed by atoms with Crippen molar-refractivity contribution in [3.8, 4) is 0 Å². The fourth-order valence-electron chi connectivity index (χ4n) is 3.40. The molecule has 0 radical (unpaired) electrons. The van der Waals surface area contributed by atoms with Gasteiger partial charge in [0.1, 0.15) is 0 Å². The molecule has 0 saturated carbocycles. The lowest BCUT2D eigenvalue weighted by Crippen LogP contribution is -2.38. The molecule has 2 nitrogen and oxygen atoms in total. The van der Waals surface area contributed by atoms with E-state index in [2.05, 4.69) is 52.0 Å². The number of hydrogen-bond donors (Lipinski definition) is 1. The Balaban J connectivity index is 2.28. The number of benzene rings is 1. The van der Waals surface area contributed by atoms with Gasteiger partial charge in [-0.1, -0.05) is 58.4 Å². The standard InChI is InChI=1S/C19H30O2/c1-5-12-19(20,17-10-13-21-14-11-17)16-8-6-15(7-9-16)18(2,3)4/h6-9,17,20H,5,10-14H2,1-4H3. The zero-order chi connectivity index (χ0) is 15.5. The maximum absolute atomic E-state index is 11.3. The average molecular weight is 290 g/mol. The van der Waals surface area contributed by atoms with E-state index in [1.807, 2.05) is 0 Å². The molecule has 0 bridgehead atoms. The molecule has 1 fully saturated rings. The van der Waals surface area contributed by atoms with Crippen molar-refractivity contribution in [2.75, 3.05) is 13.2 Å². The summed E-state index contributed by atoms with van der Waals surface area (Å²) in [5.74, 6) is 0.312. The Labute approximate surface area is 129 Å². The molecule has 0 spiro atoms. The van der Waals surface area contributed by atoms with Crippen LogP contribution in [0, 0.1) is 5.92 Å². The Kier molecular flexibility index (Phi) is 5.11. The molecule has 1 aromatic carbocycles. The summed E-state index contributed by atoms with van der Waals surface area (Å²) in [4.78, 5) is 0. The van der Waals surface area contributed by atoms with Gasteiger partial charge in [-0.3, -0.25) is 0 Å². The minimum absolute atomic E-state index is 0.153. The summed E-state index contributed by atoms with van der Waals surface area (Å²) in [7, 11) is 0. The van der Waals surface area contributed by atoms with Crippen LogP contribution in [-0.4, -0.2) is 18.3 Å². The van der Waals surface area contributed by atoms with E-state index in [4.69, 9.17) is 4.74 Å². The normalized spacial score (nSPS) is 20.2. The van der Waals surface area contributed by atoms with Crippen LogP contribution in [0.25, 0.3) is 0 Å². The van der Waals surface area contributed by atoms with Gasteiger partial charge in [0, 0.05) is 13.2 Å². The first-order valence-electron chi connectivity index (χ1n) is 8.29. The highest BCUT2D eigenvalue weighted by atomic mass is 16.5. The smallest absolute Gasteiger partial charge is 0.0926 e. The van der Waals surface area contributed by atoms with Crippen molar-refractivity contribution in [1.82, 2.24) is 0 Å². The summed E-state index contributed by atoms with van der Waals surface area (Å²) < 4.78 is 5.46. The SMILES string of the molecule is CCCC(O)(c1ccc(C(C)(C)C)cc1)C1CCOCC1. The van der Waals surface area contributed by atoms with Crippen LogP contribution in [0.15, 0.2) is 24.3 Å². The Morgan fingerprint density at radius 1 is 1.05 bits per heavy atom. The molecule has 0 amide bonds. The monoisotopic (exact) mass is 290 g/mol. The molecule has 1 unspecified atom stereocenters. The lowest BCUT2D eigenvalue weighted by Gasteiger charge is -2.39. The van der Waals surface area contributed by atoms with Crippen LogP contribution in [0.1, 0.15) is 64.5 Å². The van der Waals surface area contributed by atoms with Crippen LogP contribution in [0.2, 0.25) is 0 Å². The van der Waals surface area contributed by atoms with Gasteiger partial charge in [0.05, 0.1) is 5.60 Å². The van der Waals surface area contributed by atoms with Crippen molar-refractivity contribution in [1.29, 1.82) is 0 Å². The number of rotatable bonds is 4. The summed E-state index contributed by atoms with van der Waals surface area (Å²) in [5, 5.41) is 11.3. The van der Waals surface area contributed by atoms with Crippen molar-refractivity contribution < 1.29 is 9.84 Å². The molecule has 1 aliphatic heterocycles. The predicted octanol–water partition coefficient (Wildman–Crippen LogP) is 4.40. The Hall–Kier alpha value is -0.860. The largest absolute Gasteiger partial charge is 0.385 e. The minimum Gasteiger partial charge on any atom is -0.385 e. The third kappa shape index (κ3) is 3.67. The molecule has 1 N–H and O–H groups in total. The molecule has 0 aromatic heterocycles. The van der Waals surface area contributed by atoms with Gasteiger partial charge in [0.15, 0.2) is 0 Å². The quantitative estimate of drug-likeness (QED) is 0.890. The van der Waals surface area contributed by atoms with Gasteiger partial charge >= 0.3 is 0 Å². The lowest BCUT2D eigenvalue weighted by molar-refractivity contribution is -0.0764. The van der Waals surface area contributed by atoms with Crippen molar-refractivity contribution in [3.63, 3.8) is 0 Å². The van der Waals surface area contributed by atoms with Crippen molar-refractivity contribution in [3.05, 3.63) is 35.4 Å². The molecule has 21 heavy (non-hydrogen) atoms. The van der Waals surface area contributed by atoms with Gasteiger partial charge in [-0.15, -0.1) is 0 Å². The second kappa shape index (κ2) is 6.50. The second-order valence-corrected chi connectivity index (χ2v) is 7.39. The molecule has 1 aromatic rings. The summed E-state index contributed by atoms with van der Waals surface area (Å²) in [6.45, 7) is 10.4. The van der Waals surface area contributed by atoms with E-state index >= 15 is 0 Å². The summed E-state index contributed by atoms with van der Waals surface area (Å²) >= 11 is 0. The first-order chi connectivity index (χ1) is 9.88. The van der Waals surface area contributed by atoms with Gasteiger partial charge in [-0.25, -0.2) is 0 Å². The van der Waals surface area contributed by atoms with E-state index in [-0.39, 0.29) is 5.41 Å². The highest BCUT2D eigenvalue weighted by Gasteiger charge is 2.38. The van der Waals surface area contributed by atoms with Crippen LogP contribution in [0.4, 0.5) is 0 Å². The third-order valence-electron chi connectivity index (χ3n) is 4.78. The maximum Gasteiger partial charge on any atom is 0.0926 e. The minimum atomic E-state index is -0.699. The second-order valence-electron chi connectivity index (χ2n) is 7.39. The van der Waals surface area contributed by atoms with Crippen LogP contribution >= 0.6 is 0 Å². The molecule has 2 heteroatoms. The number of aliphatic hydroxyl groups is 1. The van der Waals surface area contributed by atoms with Crippen LogP contribution in [-0.2, 0) is 15.8 Å². The lowest BCUT2D eigenvalue weighted by atomic mass is 9.74. The molecule has 1 aliphatic rings. The van der Waals surface area contributed by atoms with E-state index in [1.165, 1.54) is 5.56 Å². The highest BCUT2D eigenvalue weighted by Crippen LogP contribution is 2.40.